The van der Waals surface area contributed by atoms with Gasteiger partial charge in [0.2, 0.25) is 0 Å². The zero-order chi connectivity index (χ0) is 12.3. The first-order valence-electron chi connectivity index (χ1n) is 6.00. The van der Waals surface area contributed by atoms with Gasteiger partial charge in [-0.15, -0.1) is 11.6 Å². The van der Waals surface area contributed by atoms with Crippen LogP contribution < -0.4 is 5.32 Å². The monoisotopic (exact) mass is 252 g/mol. The Labute approximate surface area is 107 Å². The molecule has 17 heavy (non-hydrogen) atoms. The van der Waals surface area contributed by atoms with E-state index in [1.807, 2.05) is 6.92 Å². The first-order chi connectivity index (χ1) is 8.15. The zero-order valence-corrected chi connectivity index (χ0v) is 10.7. The van der Waals surface area contributed by atoms with Crippen LogP contribution in [0.5, 0.6) is 0 Å². The molecule has 3 nitrogen and oxygen atoms in total. The first kappa shape index (κ1) is 12.4. The predicted octanol–water partition coefficient (Wildman–Crippen LogP) is 2.53. The molecule has 1 amide bonds. The number of aromatic nitrogens is 1. The van der Waals surface area contributed by atoms with Crippen LogP contribution in [0, 0.1) is 12.8 Å². The number of carbonyl (C=O) groups is 1. The van der Waals surface area contributed by atoms with E-state index in [0.717, 1.165) is 31.5 Å². The molecule has 0 aromatic carbocycles. The maximum Gasteiger partial charge on any atom is 0.251 e. The molecule has 0 saturated heterocycles. The molecule has 2 unspecified atom stereocenters. The van der Waals surface area contributed by atoms with Crippen LogP contribution in [0.25, 0.3) is 0 Å². The van der Waals surface area contributed by atoms with E-state index >= 15 is 0 Å². The number of hydrogen-bond acceptors (Lipinski definition) is 2. The van der Waals surface area contributed by atoms with Crippen LogP contribution in [0.1, 0.15) is 35.3 Å². The normalized spacial score (nSPS) is 23.6. The number of pyridine rings is 1. The number of nitrogens with zero attached hydrogens (tertiary/aromatic N) is 1. The van der Waals surface area contributed by atoms with Crippen molar-refractivity contribution in [3.63, 3.8) is 0 Å². The Morgan fingerprint density at radius 2 is 2.41 bits per heavy atom. The van der Waals surface area contributed by atoms with E-state index in [1.165, 1.54) is 0 Å². The summed E-state index contributed by atoms with van der Waals surface area (Å²) in [4.78, 5) is 15.9. The molecular weight excluding hydrogens is 236 g/mol. The second-order valence-electron chi connectivity index (χ2n) is 4.67. The van der Waals surface area contributed by atoms with Crippen LogP contribution in [-0.2, 0) is 0 Å². The Hall–Kier alpha value is -1.09. The lowest BCUT2D eigenvalue weighted by molar-refractivity contribution is 0.0947. The molecule has 4 heteroatoms. The van der Waals surface area contributed by atoms with Crippen molar-refractivity contribution in [1.82, 2.24) is 10.3 Å². The molecule has 1 aromatic heterocycles. The average molecular weight is 253 g/mol. The average Bonchev–Trinajstić information content (AvgIpc) is 2.72. The van der Waals surface area contributed by atoms with Crippen molar-refractivity contribution in [1.29, 1.82) is 0 Å². The van der Waals surface area contributed by atoms with Gasteiger partial charge in [0, 0.05) is 29.4 Å². The topological polar surface area (TPSA) is 42.0 Å². The number of carbonyl (C=O) groups excluding carboxylic acids is 1. The maximum atomic E-state index is 11.9. The molecule has 2 atom stereocenters. The van der Waals surface area contributed by atoms with Crippen molar-refractivity contribution in [2.24, 2.45) is 5.92 Å². The lowest BCUT2D eigenvalue weighted by Gasteiger charge is -2.10. The molecule has 0 aliphatic heterocycles. The molecule has 92 valence electrons. The Bertz CT molecular complexity index is 408. The van der Waals surface area contributed by atoms with E-state index in [9.17, 15) is 4.79 Å². The van der Waals surface area contributed by atoms with Gasteiger partial charge in [-0.05, 0) is 44.2 Å². The molecule has 1 aliphatic rings. The van der Waals surface area contributed by atoms with Crippen molar-refractivity contribution < 1.29 is 4.79 Å². The molecule has 0 bridgehead atoms. The Balaban J connectivity index is 1.85. The predicted molar refractivity (Wildman–Crippen MR) is 68.3 cm³/mol. The third-order valence-corrected chi connectivity index (χ3v) is 3.58. The summed E-state index contributed by atoms with van der Waals surface area (Å²) in [6.45, 7) is 2.61. The van der Waals surface area contributed by atoms with Crippen molar-refractivity contribution in [2.75, 3.05) is 6.54 Å². The fourth-order valence-corrected chi connectivity index (χ4v) is 2.60. The number of amides is 1. The highest BCUT2D eigenvalue weighted by molar-refractivity contribution is 6.20. The molecule has 1 N–H and O–H groups in total. The summed E-state index contributed by atoms with van der Waals surface area (Å²) in [5, 5.41) is 3.26. The third-order valence-electron chi connectivity index (χ3n) is 3.19. The van der Waals surface area contributed by atoms with E-state index in [4.69, 9.17) is 11.6 Å². The fraction of sp³-hybridized carbons (Fsp3) is 0.538. The molecule has 2 rings (SSSR count). The van der Waals surface area contributed by atoms with Gasteiger partial charge in [-0.1, -0.05) is 0 Å². The summed E-state index contributed by atoms with van der Waals surface area (Å²) in [5.41, 5.74) is 1.54. The summed E-state index contributed by atoms with van der Waals surface area (Å²) >= 11 is 6.04. The van der Waals surface area contributed by atoms with E-state index in [-0.39, 0.29) is 5.91 Å². The van der Waals surface area contributed by atoms with Gasteiger partial charge in [0.25, 0.3) is 5.91 Å². The van der Waals surface area contributed by atoms with Crippen molar-refractivity contribution in [2.45, 2.75) is 31.6 Å². The van der Waals surface area contributed by atoms with Crippen molar-refractivity contribution in [3.8, 4) is 0 Å². The van der Waals surface area contributed by atoms with E-state index < -0.39 is 0 Å². The van der Waals surface area contributed by atoms with Crippen LogP contribution in [-0.4, -0.2) is 22.8 Å². The SMILES string of the molecule is Cc1cc(C(=O)NCC2CCC(Cl)C2)ccn1. The Morgan fingerprint density at radius 1 is 1.59 bits per heavy atom. The number of halogens is 1. The minimum Gasteiger partial charge on any atom is -0.352 e. The second kappa shape index (κ2) is 5.50. The van der Waals surface area contributed by atoms with Crippen molar-refractivity contribution >= 4 is 17.5 Å². The van der Waals surface area contributed by atoms with Crippen LogP contribution in [0.3, 0.4) is 0 Å². The Kier molecular flexibility index (Phi) is 4.00. The van der Waals surface area contributed by atoms with E-state index in [2.05, 4.69) is 10.3 Å². The van der Waals surface area contributed by atoms with Crippen LogP contribution in [0.2, 0.25) is 0 Å². The third kappa shape index (κ3) is 3.43. The summed E-state index contributed by atoms with van der Waals surface area (Å²) in [6, 6.07) is 3.54. The minimum atomic E-state index is -0.0199. The molecule has 1 saturated carbocycles. The highest BCUT2D eigenvalue weighted by Gasteiger charge is 2.23. The van der Waals surface area contributed by atoms with Gasteiger partial charge in [0.05, 0.1) is 0 Å². The summed E-state index contributed by atoms with van der Waals surface area (Å²) < 4.78 is 0. The zero-order valence-electron chi connectivity index (χ0n) is 9.95. The fourth-order valence-electron chi connectivity index (χ4n) is 2.23. The molecule has 0 radical (unpaired) electrons. The quantitative estimate of drug-likeness (QED) is 0.840. The summed E-state index contributed by atoms with van der Waals surface area (Å²) in [7, 11) is 0. The number of nitrogens with one attached hydrogen (secondary N) is 1. The number of hydrogen-bond donors (Lipinski definition) is 1. The second-order valence-corrected chi connectivity index (χ2v) is 5.29. The minimum absolute atomic E-state index is 0.0199. The highest BCUT2D eigenvalue weighted by Crippen LogP contribution is 2.28. The molecule has 1 aliphatic carbocycles. The standard InChI is InChI=1S/C13H17ClN2O/c1-9-6-11(4-5-15-9)13(17)16-8-10-2-3-12(14)7-10/h4-6,10,12H,2-3,7-8H2,1H3,(H,16,17). The van der Waals surface area contributed by atoms with E-state index in [1.54, 1.807) is 18.3 Å². The number of alkyl halides is 1. The largest absolute Gasteiger partial charge is 0.352 e. The van der Waals surface area contributed by atoms with Gasteiger partial charge < -0.3 is 5.32 Å². The maximum absolute atomic E-state index is 11.9. The van der Waals surface area contributed by atoms with Gasteiger partial charge in [-0.25, -0.2) is 0 Å². The van der Waals surface area contributed by atoms with Gasteiger partial charge in [-0.3, -0.25) is 9.78 Å². The summed E-state index contributed by atoms with van der Waals surface area (Å²) in [6.07, 6.45) is 4.85. The molecule has 1 heterocycles. The highest BCUT2D eigenvalue weighted by atomic mass is 35.5. The van der Waals surface area contributed by atoms with Gasteiger partial charge >= 0.3 is 0 Å². The molecule has 0 spiro atoms. The van der Waals surface area contributed by atoms with Crippen LogP contribution in [0.15, 0.2) is 18.3 Å². The summed E-state index contributed by atoms with van der Waals surface area (Å²) in [5.74, 6) is 0.512. The van der Waals surface area contributed by atoms with E-state index in [0.29, 0.717) is 16.9 Å². The lowest BCUT2D eigenvalue weighted by atomic mass is 10.1. The lowest BCUT2D eigenvalue weighted by Crippen LogP contribution is -2.28. The van der Waals surface area contributed by atoms with Gasteiger partial charge in [0.1, 0.15) is 0 Å². The molecule has 1 aromatic rings. The van der Waals surface area contributed by atoms with Crippen molar-refractivity contribution in [3.05, 3.63) is 29.6 Å². The number of rotatable bonds is 3. The Morgan fingerprint density at radius 3 is 3.06 bits per heavy atom. The van der Waals surface area contributed by atoms with Crippen LogP contribution >= 0.6 is 11.6 Å². The van der Waals surface area contributed by atoms with Gasteiger partial charge in [0.15, 0.2) is 0 Å². The van der Waals surface area contributed by atoms with Crippen LogP contribution in [0.4, 0.5) is 0 Å². The smallest absolute Gasteiger partial charge is 0.251 e. The number of aryl methyl sites for hydroxylation is 1. The van der Waals surface area contributed by atoms with Gasteiger partial charge in [-0.2, -0.15) is 0 Å². The first-order valence-corrected chi connectivity index (χ1v) is 6.43. The molecule has 1 fully saturated rings. The molecular formula is C13H17ClN2O.